The molecule has 0 saturated carbocycles. The van der Waals surface area contributed by atoms with E-state index >= 15 is 0 Å². The zero-order valence-electron chi connectivity index (χ0n) is 44.1. The fraction of sp³-hybridized carbons (Fsp3) is 0.922. The Morgan fingerprint density at radius 1 is 0.386 bits per heavy atom. The summed E-state index contributed by atoms with van der Waals surface area (Å²) in [5.41, 5.74) is 0. The van der Waals surface area contributed by atoms with E-state index in [1.54, 1.807) is 0 Å². The number of carbonyl (C=O) groups excluding carboxylic acids is 4. The van der Waals surface area contributed by atoms with Crippen molar-refractivity contribution in [3.8, 4) is 0 Å². The fourth-order valence-corrected chi connectivity index (χ4v) is 8.86. The SMILES string of the molecule is CCCCCCCCCCC(=O)OC[C@H](COP(=O)(O)OC[C@@H](O)COP(=O)(O)OC[C@@H](COC(=O)CCCCCCC)OC(=O)CCCCCCC)OC(=O)CCCCCCCCCCCC(C)C. The number of phosphoric ester groups is 2. The van der Waals surface area contributed by atoms with Crippen LogP contribution in [0.1, 0.15) is 240 Å². The number of hydrogen-bond acceptors (Lipinski definition) is 15. The van der Waals surface area contributed by atoms with Crippen LogP contribution in [0.4, 0.5) is 0 Å². The van der Waals surface area contributed by atoms with Gasteiger partial charge in [-0.1, -0.05) is 189 Å². The molecular formula is C51H98O17P2. The van der Waals surface area contributed by atoms with E-state index in [1.165, 1.54) is 51.4 Å². The molecule has 0 heterocycles. The third kappa shape index (κ3) is 45.9. The van der Waals surface area contributed by atoms with Crippen LogP contribution in [0.2, 0.25) is 0 Å². The molecule has 0 aromatic rings. The van der Waals surface area contributed by atoms with Gasteiger partial charge in [0, 0.05) is 25.7 Å². The summed E-state index contributed by atoms with van der Waals surface area (Å²) in [6.45, 7) is 6.85. The monoisotopic (exact) mass is 1040 g/mol. The van der Waals surface area contributed by atoms with E-state index in [0.29, 0.717) is 25.7 Å². The van der Waals surface area contributed by atoms with E-state index in [1.807, 2.05) is 0 Å². The van der Waals surface area contributed by atoms with Crippen molar-refractivity contribution in [2.75, 3.05) is 39.6 Å². The standard InChI is InChI=1S/C51H98O17P2/c1-6-9-12-15-16-21-26-30-35-49(54)62-41-47(68-51(56)37-32-27-22-19-17-18-20-25-28-33-44(4)5)43-66-70(59,60)64-39-45(52)38-63-69(57,58)65-42-46(67-50(55)36-31-24-14-11-8-3)40-61-48(53)34-29-23-13-10-7-2/h44-47,52H,6-43H2,1-5H3,(H,57,58)(H,59,60)/t45-,46+,47+/m0/s1. The number of aliphatic hydroxyl groups excluding tert-OH is 1. The van der Waals surface area contributed by atoms with Crippen LogP contribution in [-0.4, -0.2) is 96.7 Å². The lowest BCUT2D eigenvalue weighted by Crippen LogP contribution is -2.30. The highest BCUT2D eigenvalue weighted by molar-refractivity contribution is 7.47. The van der Waals surface area contributed by atoms with Crippen molar-refractivity contribution in [1.82, 2.24) is 0 Å². The highest BCUT2D eigenvalue weighted by Gasteiger charge is 2.30. The van der Waals surface area contributed by atoms with Gasteiger partial charge in [-0.15, -0.1) is 0 Å². The lowest BCUT2D eigenvalue weighted by molar-refractivity contribution is -0.161. The first kappa shape index (κ1) is 68.1. The maximum absolute atomic E-state index is 12.8. The molecule has 0 aliphatic rings. The molecule has 19 heteroatoms. The lowest BCUT2D eigenvalue weighted by atomic mass is 10.0. The van der Waals surface area contributed by atoms with Gasteiger partial charge in [0.2, 0.25) is 0 Å². The molecule has 0 spiro atoms. The maximum atomic E-state index is 12.8. The molecule has 0 aliphatic carbocycles. The molecule has 0 aromatic carbocycles. The summed E-state index contributed by atoms with van der Waals surface area (Å²) in [6, 6.07) is 0. The smallest absolute Gasteiger partial charge is 0.462 e. The molecule has 0 fully saturated rings. The van der Waals surface area contributed by atoms with Gasteiger partial charge >= 0.3 is 39.5 Å². The third-order valence-electron chi connectivity index (χ3n) is 11.5. The number of ether oxygens (including phenoxy) is 4. The molecule has 0 rings (SSSR count). The van der Waals surface area contributed by atoms with Gasteiger partial charge in [0.15, 0.2) is 12.2 Å². The zero-order valence-corrected chi connectivity index (χ0v) is 45.9. The number of esters is 4. The van der Waals surface area contributed by atoms with Crippen molar-refractivity contribution in [3.63, 3.8) is 0 Å². The Labute approximate surface area is 422 Å². The van der Waals surface area contributed by atoms with E-state index in [9.17, 15) is 43.2 Å². The second-order valence-corrected chi connectivity index (χ2v) is 21.9. The van der Waals surface area contributed by atoms with Crippen LogP contribution in [-0.2, 0) is 65.4 Å². The quantitative estimate of drug-likeness (QED) is 0.0222. The molecule has 2 unspecified atom stereocenters. The molecule has 3 N–H and O–H groups in total. The van der Waals surface area contributed by atoms with Gasteiger partial charge in [-0.25, -0.2) is 9.13 Å². The predicted molar refractivity (Wildman–Crippen MR) is 271 cm³/mol. The Balaban J connectivity index is 5.14. The van der Waals surface area contributed by atoms with Crippen molar-refractivity contribution < 1.29 is 80.2 Å². The van der Waals surface area contributed by atoms with Gasteiger partial charge in [-0.3, -0.25) is 37.3 Å². The van der Waals surface area contributed by atoms with Crippen LogP contribution in [0.3, 0.4) is 0 Å². The highest BCUT2D eigenvalue weighted by atomic mass is 31.2. The number of carbonyl (C=O) groups is 4. The Hall–Kier alpha value is -1.94. The summed E-state index contributed by atoms with van der Waals surface area (Å²) < 4.78 is 67.0. The van der Waals surface area contributed by atoms with E-state index in [4.69, 9.17) is 37.0 Å². The Morgan fingerprint density at radius 2 is 0.657 bits per heavy atom. The summed E-state index contributed by atoms with van der Waals surface area (Å²) in [6.07, 6.45) is 24.7. The first-order valence-electron chi connectivity index (χ1n) is 27.1. The summed E-state index contributed by atoms with van der Waals surface area (Å²) in [5, 5.41) is 10.4. The first-order valence-corrected chi connectivity index (χ1v) is 30.1. The van der Waals surface area contributed by atoms with Crippen LogP contribution in [0.15, 0.2) is 0 Å². The number of phosphoric acid groups is 2. The minimum Gasteiger partial charge on any atom is -0.462 e. The molecular weight excluding hydrogens is 946 g/mol. The Morgan fingerprint density at radius 3 is 0.971 bits per heavy atom. The normalized spacial score (nSPS) is 14.6. The second-order valence-electron chi connectivity index (χ2n) is 19.0. The van der Waals surface area contributed by atoms with Crippen molar-refractivity contribution in [2.45, 2.75) is 258 Å². The van der Waals surface area contributed by atoms with Crippen molar-refractivity contribution >= 4 is 39.5 Å². The molecule has 70 heavy (non-hydrogen) atoms. The third-order valence-corrected chi connectivity index (χ3v) is 13.4. The maximum Gasteiger partial charge on any atom is 0.472 e. The van der Waals surface area contributed by atoms with E-state index in [-0.39, 0.29) is 25.7 Å². The summed E-state index contributed by atoms with van der Waals surface area (Å²) in [7, 11) is -9.84. The van der Waals surface area contributed by atoms with Crippen LogP contribution < -0.4 is 0 Å². The van der Waals surface area contributed by atoms with E-state index in [2.05, 4.69) is 34.6 Å². The van der Waals surface area contributed by atoms with Crippen LogP contribution >= 0.6 is 15.6 Å². The predicted octanol–water partition coefficient (Wildman–Crippen LogP) is 12.7. The Bertz CT molecular complexity index is 1400. The molecule has 0 aliphatic heterocycles. The Kier molecular flexibility index (Phi) is 44.4. The molecule has 17 nitrogen and oxygen atoms in total. The van der Waals surface area contributed by atoms with Gasteiger partial charge in [0.25, 0.3) is 0 Å². The van der Waals surface area contributed by atoms with Gasteiger partial charge in [0.1, 0.15) is 19.3 Å². The molecule has 0 bridgehead atoms. The van der Waals surface area contributed by atoms with Crippen LogP contribution in [0.5, 0.6) is 0 Å². The fourth-order valence-electron chi connectivity index (χ4n) is 7.28. The number of aliphatic hydroxyl groups is 1. The zero-order chi connectivity index (χ0) is 52.1. The second kappa shape index (κ2) is 45.7. The number of unbranched alkanes of at least 4 members (excludes halogenated alkanes) is 23. The molecule has 0 saturated heterocycles. The summed E-state index contributed by atoms with van der Waals surface area (Å²) in [4.78, 5) is 71.0. The lowest BCUT2D eigenvalue weighted by Gasteiger charge is -2.21. The van der Waals surface area contributed by atoms with Crippen molar-refractivity contribution in [1.29, 1.82) is 0 Å². The van der Waals surface area contributed by atoms with Gasteiger partial charge in [-0.05, 0) is 31.6 Å². The summed E-state index contributed by atoms with van der Waals surface area (Å²) >= 11 is 0. The minimum atomic E-state index is -4.92. The van der Waals surface area contributed by atoms with Crippen molar-refractivity contribution in [2.24, 2.45) is 5.92 Å². The van der Waals surface area contributed by atoms with Gasteiger partial charge in [0.05, 0.1) is 26.4 Å². The number of rotatable bonds is 51. The summed E-state index contributed by atoms with van der Waals surface area (Å²) in [5.74, 6) is -1.44. The van der Waals surface area contributed by atoms with Crippen LogP contribution in [0, 0.1) is 5.92 Å². The van der Waals surface area contributed by atoms with E-state index in [0.717, 1.165) is 109 Å². The first-order chi connectivity index (χ1) is 33.5. The molecule has 0 amide bonds. The van der Waals surface area contributed by atoms with E-state index < -0.39 is 97.5 Å². The largest absolute Gasteiger partial charge is 0.472 e. The van der Waals surface area contributed by atoms with Crippen molar-refractivity contribution in [3.05, 3.63) is 0 Å². The van der Waals surface area contributed by atoms with Gasteiger partial charge in [-0.2, -0.15) is 0 Å². The molecule has 414 valence electrons. The average molecular weight is 1050 g/mol. The highest BCUT2D eigenvalue weighted by Crippen LogP contribution is 2.45. The molecule has 0 radical (unpaired) electrons. The average Bonchev–Trinajstić information content (AvgIpc) is 3.31. The van der Waals surface area contributed by atoms with Crippen LogP contribution in [0.25, 0.3) is 0 Å². The molecule has 5 atom stereocenters. The topological polar surface area (TPSA) is 237 Å². The minimum absolute atomic E-state index is 0.0985. The molecule has 0 aromatic heterocycles. The number of hydrogen-bond donors (Lipinski definition) is 3. The van der Waals surface area contributed by atoms with Gasteiger partial charge < -0.3 is 33.8 Å².